The Kier molecular flexibility index (Phi) is 2.78. The van der Waals surface area contributed by atoms with E-state index in [0.29, 0.717) is 4.88 Å². The van der Waals surface area contributed by atoms with E-state index < -0.39 is 0 Å². The molecule has 0 radical (unpaired) electrons. The van der Waals surface area contributed by atoms with Crippen LogP contribution >= 0.6 is 11.3 Å². The molecule has 4 heteroatoms. The fraction of sp³-hybridized carbons (Fsp3) is 0. The molecule has 0 aliphatic rings. The van der Waals surface area contributed by atoms with Gasteiger partial charge in [0.15, 0.2) is 0 Å². The number of anilines is 1. The summed E-state index contributed by atoms with van der Waals surface area (Å²) < 4.78 is 0. The van der Waals surface area contributed by atoms with Gasteiger partial charge in [0.25, 0.3) is 5.91 Å². The predicted molar refractivity (Wildman–Crippen MR) is 74.0 cm³/mol. The lowest BCUT2D eigenvalue weighted by Crippen LogP contribution is -2.10. The number of carbonyl (C=O) groups is 1. The minimum absolute atomic E-state index is 0.0943. The lowest BCUT2D eigenvalue weighted by molar-refractivity contribution is 0.103. The summed E-state index contributed by atoms with van der Waals surface area (Å²) in [5.41, 5.74) is 1.55. The molecule has 1 amide bonds. The zero-order valence-corrected chi connectivity index (χ0v) is 10.3. The van der Waals surface area contributed by atoms with E-state index >= 15 is 0 Å². The number of benzene rings is 1. The highest BCUT2D eigenvalue weighted by Gasteiger charge is 2.09. The van der Waals surface area contributed by atoms with E-state index in [0.717, 1.165) is 16.6 Å². The molecule has 0 unspecified atom stereocenters. The first-order chi connectivity index (χ1) is 8.84. The van der Waals surface area contributed by atoms with Gasteiger partial charge in [0, 0.05) is 11.6 Å². The number of rotatable bonds is 2. The monoisotopic (exact) mass is 254 g/mol. The van der Waals surface area contributed by atoms with Crippen LogP contribution in [0.2, 0.25) is 0 Å². The van der Waals surface area contributed by atoms with Gasteiger partial charge < -0.3 is 5.32 Å². The van der Waals surface area contributed by atoms with Crippen LogP contribution in [0, 0.1) is 0 Å². The largest absolute Gasteiger partial charge is 0.319 e. The fourth-order valence-corrected chi connectivity index (χ4v) is 2.42. The summed E-state index contributed by atoms with van der Waals surface area (Å²) in [5, 5.41) is 5.80. The number of thiophene rings is 1. The molecule has 0 saturated heterocycles. The van der Waals surface area contributed by atoms with Gasteiger partial charge >= 0.3 is 0 Å². The van der Waals surface area contributed by atoms with Crippen molar-refractivity contribution in [2.24, 2.45) is 0 Å². The average molecular weight is 254 g/mol. The van der Waals surface area contributed by atoms with E-state index in [-0.39, 0.29) is 5.91 Å². The summed E-state index contributed by atoms with van der Waals surface area (Å²) in [5.74, 6) is -0.0943. The lowest BCUT2D eigenvalue weighted by Gasteiger charge is -2.06. The smallest absolute Gasteiger partial charge is 0.265 e. The maximum atomic E-state index is 12.0. The van der Waals surface area contributed by atoms with Gasteiger partial charge in [0.2, 0.25) is 0 Å². The minimum atomic E-state index is -0.0943. The first kappa shape index (κ1) is 10.9. The summed E-state index contributed by atoms with van der Waals surface area (Å²) in [6.07, 6.45) is 1.73. The maximum Gasteiger partial charge on any atom is 0.265 e. The number of hydrogen-bond acceptors (Lipinski definition) is 3. The highest BCUT2D eigenvalue weighted by molar-refractivity contribution is 7.12. The van der Waals surface area contributed by atoms with Crippen LogP contribution in [0.5, 0.6) is 0 Å². The predicted octanol–water partition coefficient (Wildman–Crippen LogP) is 3.55. The molecule has 2 aromatic heterocycles. The quantitative estimate of drug-likeness (QED) is 0.760. The average Bonchev–Trinajstić information content (AvgIpc) is 2.93. The van der Waals surface area contributed by atoms with Gasteiger partial charge in [-0.1, -0.05) is 24.3 Å². The number of fused-ring (bicyclic) bond motifs is 1. The number of para-hydroxylation sites is 1. The zero-order chi connectivity index (χ0) is 12.4. The van der Waals surface area contributed by atoms with Crippen LogP contribution < -0.4 is 5.32 Å². The van der Waals surface area contributed by atoms with Crippen LogP contribution in [0.1, 0.15) is 9.67 Å². The second-order valence-corrected chi connectivity index (χ2v) is 4.76. The van der Waals surface area contributed by atoms with Crippen LogP contribution in [0.15, 0.2) is 54.0 Å². The maximum absolute atomic E-state index is 12.0. The molecule has 3 rings (SSSR count). The Morgan fingerprint density at radius 1 is 1.11 bits per heavy atom. The van der Waals surface area contributed by atoms with E-state index in [1.807, 2.05) is 41.8 Å². The van der Waals surface area contributed by atoms with Crippen LogP contribution in [-0.4, -0.2) is 10.9 Å². The Morgan fingerprint density at radius 2 is 2.00 bits per heavy atom. The third-order valence-corrected chi connectivity index (χ3v) is 3.49. The molecule has 2 heterocycles. The standard InChI is InChI=1S/C14H10N2OS/c17-14(12-7-3-9-18-12)16-11-6-1-4-10-5-2-8-15-13(10)11/h1-9H,(H,16,17). The van der Waals surface area contributed by atoms with E-state index in [4.69, 9.17) is 0 Å². The van der Waals surface area contributed by atoms with E-state index in [1.165, 1.54) is 11.3 Å². The second kappa shape index (κ2) is 4.58. The number of nitrogens with one attached hydrogen (secondary N) is 1. The molecular formula is C14H10N2OS. The summed E-state index contributed by atoms with van der Waals surface area (Å²) in [7, 11) is 0. The van der Waals surface area contributed by atoms with Gasteiger partial charge in [0.05, 0.1) is 16.1 Å². The Bertz CT molecular complexity index is 687. The lowest BCUT2D eigenvalue weighted by atomic mass is 10.2. The molecule has 0 fully saturated rings. The van der Waals surface area contributed by atoms with Crippen LogP contribution in [0.25, 0.3) is 10.9 Å². The van der Waals surface area contributed by atoms with Crippen molar-refractivity contribution in [1.29, 1.82) is 0 Å². The first-order valence-electron chi connectivity index (χ1n) is 5.53. The van der Waals surface area contributed by atoms with Crippen molar-refractivity contribution < 1.29 is 4.79 Å². The molecule has 3 nitrogen and oxygen atoms in total. The Labute approximate surface area is 108 Å². The summed E-state index contributed by atoms with van der Waals surface area (Å²) >= 11 is 1.42. The summed E-state index contributed by atoms with van der Waals surface area (Å²) in [6, 6.07) is 13.3. The van der Waals surface area contributed by atoms with Gasteiger partial charge in [-0.3, -0.25) is 9.78 Å². The van der Waals surface area contributed by atoms with Crippen molar-refractivity contribution in [3.05, 3.63) is 58.9 Å². The van der Waals surface area contributed by atoms with Crippen molar-refractivity contribution in [1.82, 2.24) is 4.98 Å². The van der Waals surface area contributed by atoms with Crippen LogP contribution in [-0.2, 0) is 0 Å². The topological polar surface area (TPSA) is 42.0 Å². The van der Waals surface area contributed by atoms with Gasteiger partial charge in [-0.2, -0.15) is 0 Å². The normalized spacial score (nSPS) is 10.4. The number of nitrogens with zero attached hydrogens (tertiary/aromatic N) is 1. The van der Waals surface area contributed by atoms with Crippen LogP contribution in [0.3, 0.4) is 0 Å². The van der Waals surface area contributed by atoms with Gasteiger partial charge in [0.1, 0.15) is 0 Å². The zero-order valence-electron chi connectivity index (χ0n) is 9.46. The number of amides is 1. The third-order valence-electron chi connectivity index (χ3n) is 2.63. The highest BCUT2D eigenvalue weighted by Crippen LogP contribution is 2.21. The van der Waals surface area contributed by atoms with Crippen molar-refractivity contribution in [2.75, 3.05) is 5.32 Å². The number of carbonyl (C=O) groups excluding carboxylic acids is 1. The van der Waals surface area contributed by atoms with Gasteiger partial charge in [-0.15, -0.1) is 11.3 Å². The van der Waals surface area contributed by atoms with E-state index in [2.05, 4.69) is 10.3 Å². The van der Waals surface area contributed by atoms with Gasteiger partial charge in [-0.05, 0) is 23.6 Å². The third kappa shape index (κ3) is 1.98. The number of pyridine rings is 1. The van der Waals surface area contributed by atoms with Gasteiger partial charge in [-0.25, -0.2) is 0 Å². The summed E-state index contributed by atoms with van der Waals surface area (Å²) in [6.45, 7) is 0. The number of hydrogen-bond donors (Lipinski definition) is 1. The molecule has 0 bridgehead atoms. The molecule has 1 N–H and O–H groups in total. The molecule has 3 aromatic rings. The van der Waals surface area contributed by atoms with Crippen molar-refractivity contribution >= 4 is 33.8 Å². The highest BCUT2D eigenvalue weighted by atomic mass is 32.1. The van der Waals surface area contributed by atoms with Crippen molar-refractivity contribution in [3.8, 4) is 0 Å². The van der Waals surface area contributed by atoms with E-state index in [1.54, 1.807) is 12.3 Å². The van der Waals surface area contributed by atoms with Crippen molar-refractivity contribution in [3.63, 3.8) is 0 Å². The summed E-state index contributed by atoms with van der Waals surface area (Å²) in [4.78, 5) is 17.0. The Morgan fingerprint density at radius 3 is 2.83 bits per heavy atom. The Balaban J connectivity index is 1.98. The number of aromatic nitrogens is 1. The second-order valence-electron chi connectivity index (χ2n) is 3.81. The SMILES string of the molecule is O=C(Nc1cccc2cccnc12)c1cccs1. The molecule has 18 heavy (non-hydrogen) atoms. The molecule has 0 saturated carbocycles. The molecule has 1 aromatic carbocycles. The van der Waals surface area contributed by atoms with E-state index in [9.17, 15) is 4.79 Å². The molecular weight excluding hydrogens is 244 g/mol. The van der Waals surface area contributed by atoms with Crippen molar-refractivity contribution in [2.45, 2.75) is 0 Å². The molecule has 88 valence electrons. The molecule has 0 aliphatic carbocycles. The fourth-order valence-electron chi connectivity index (χ4n) is 1.80. The first-order valence-corrected chi connectivity index (χ1v) is 6.41. The Hall–Kier alpha value is -2.20. The van der Waals surface area contributed by atoms with Crippen LogP contribution in [0.4, 0.5) is 5.69 Å². The molecule has 0 aliphatic heterocycles. The molecule has 0 atom stereocenters. The molecule has 0 spiro atoms. The minimum Gasteiger partial charge on any atom is -0.319 e.